The van der Waals surface area contributed by atoms with Crippen molar-refractivity contribution in [2.24, 2.45) is 0 Å². The lowest BCUT2D eigenvalue weighted by molar-refractivity contribution is 0.160. The van der Waals surface area contributed by atoms with Crippen LogP contribution in [0.25, 0.3) is 0 Å². The molecule has 146 valence electrons. The third kappa shape index (κ3) is 4.13. The van der Waals surface area contributed by atoms with Crippen molar-refractivity contribution >= 4 is 0 Å². The van der Waals surface area contributed by atoms with E-state index in [0.717, 1.165) is 6.07 Å². The van der Waals surface area contributed by atoms with Crippen LogP contribution in [-0.2, 0) is 0 Å². The van der Waals surface area contributed by atoms with Crippen molar-refractivity contribution in [3.05, 3.63) is 64.5 Å². The summed E-state index contributed by atoms with van der Waals surface area (Å²) in [5.41, 5.74) is 0.915. The Morgan fingerprint density at radius 3 is 2.11 bits per heavy atom. The lowest BCUT2D eigenvalue weighted by Crippen LogP contribution is -2.15. The van der Waals surface area contributed by atoms with E-state index in [2.05, 4.69) is 0 Å². The molecular weight excluding hydrogens is 353 g/mol. The predicted octanol–water partition coefficient (Wildman–Crippen LogP) is 6.08. The summed E-state index contributed by atoms with van der Waals surface area (Å²) in [6.45, 7) is 1.88. The first-order valence-electron chi connectivity index (χ1n) is 9.56. The Morgan fingerprint density at radius 1 is 0.926 bits per heavy atom. The van der Waals surface area contributed by atoms with Gasteiger partial charge in [-0.2, -0.15) is 0 Å². The number of aliphatic hydroxyl groups excluding tert-OH is 1. The second-order valence-corrected chi connectivity index (χ2v) is 7.43. The molecule has 1 saturated carbocycles. The summed E-state index contributed by atoms with van der Waals surface area (Å²) in [7, 11) is 0. The standard InChI is InChI=1S/C22H25F3O2/c1-2-3-20(27)18-11-10-17(21(24)22(18)25)14-6-4-13(5-7-14)16-9-8-15(26)12-19(16)23/h8-14,20,26-27H,2-7H2,1H3. The Hall–Kier alpha value is -2.01. The van der Waals surface area contributed by atoms with Gasteiger partial charge in [-0.1, -0.05) is 31.5 Å². The molecule has 0 saturated heterocycles. The number of benzene rings is 2. The number of aliphatic hydroxyl groups is 1. The van der Waals surface area contributed by atoms with Crippen molar-refractivity contribution in [3.63, 3.8) is 0 Å². The average molecular weight is 378 g/mol. The highest BCUT2D eigenvalue weighted by Gasteiger charge is 2.29. The Labute approximate surface area is 157 Å². The SMILES string of the molecule is CCCC(O)c1ccc(C2CCC(c3ccc(O)cc3F)CC2)c(F)c1F. The third-order valence-corrected chi connectivity index (χ3v) is 5.65. The number of halogens is 3. The summed E-state index contributed by atoms with van der Waals surface area (Å²) in [6.07, 6.45) is 2.70. The summed E-state index contributed by atoms with van der Waals surface area (Å²) >= 11 is 0. The van der Waals surface area contributed by atoms with E-state index in [1.54, 1.807) is 12.1 Å². The van der Waals surface area contributed by atoms with Gasteiger partial charge in [0.15, 0.2) is 11.6 Å². The van der Waals surface area contributed by atoms with E-state index in [0.29, 0.717) is 49.7 Å². The number of hydrogen-bond donors (Lipinski definition) is 2. The minimum absolute atomic E-state index is 0.0120. The fraction of sp³-hybridized carbons (Fsp3) is 0.455. The lowest BCUT2D eigenvalue weighted by Gasteiger charge is -2.30. The zero-order valence-corrected chi connectivity index (χ0v) is 15.4. The molecule has 2 nitrogen and oxygen atoms in total. The van der Waals surface area contributed by atoms with Gasteiger partial charge >= 0.3 is 0 Å². The molecule has 27 heavy (non-hydrogen) atoms. The maximum atomic E-state index is 14.6. The highest BCUT2D eigenvalue weighted by Crippen LogP contribution is 2.43. The van der Waals surface area contributed by atoms with Crippen molar-refractivity contribution in [1.29, 1.82) is 0 Å². The van der Waals surface area contributed by atoms with Crippen LogP contribution in [0.4, 0.5) is 13.2 Å². The monoisotopic (exact) mass is 378 g/mol. The van der Waals surface area contributed by atoms with Crippen LogP contribution in [0.3, 0.4) is 0 Å². The molecule has 3 rings (SSSR count). The van der Waals surface area contributed by atoms with Gasteiger partial charge < -0.3 is 10.2 Å². The highest BCUT2D eigenvalue weighted by atomic mass is 19.2. The number of phenolic OH excluding ortho intramolecular Hbond substituents is 1. The molecule has 2 N–H and O–H groups in total. The van der Waals surface area contributed by atoms with Crippen molar-refractivity contribution in [2.45, 2.75) is 63.4 Å². The van der Waals surface area contributed by atoms with E-state index >= 15 is 0 Å². The van der Waals surface area contributed by atoms with Gasteiger partial charge in [0.2, 0.25) is 0 Å². The number of aromatic hydroxyl groups is 1. The van der Waals surface area contributed by atoms with Crippen LogP contribution in [0.2, 0.25) is 0 Å². The average Bonchev–Trinajstić information content (AvgIpc) is 2.64. The molecule has 1 unspecified atom stereocenters. The first-order valence-corrected chi connectivity index (χ1v) is 9.56. The summed E-state index contributed by atoms with van der Waals surface area (Å²) in [4.78, 5) is 0. The summed E-state index contributed by atoms with van der Waals surface area (Å²) in [5.74, 6) is -2.46. The number of phenols is 1. The Kier molecular flexibility index (Phi) is 6.10. The van der Waals surface area contributed by atoms with Gasteiger partial charge in [-0.05, 0) is 61.1 Å². The van der Waals surface area contributed by atoms with Gasteiger partial charge in [-0.3, -0.25) is 0 Å². The zero-order chi connectivity index (χ0) is 19.6. The van der Waals surface area contributed by atoms with Gasteiger partial charge in [0, 0.05) is 11.6 Å². The smallest absolute Gasteiger partial charge is 0.164 e. The molecule has 0 radical (unpaired) electrons. The Morgan fingerprint density at radius 2 is 1.52 bits per heavy atom. The van der Waals surface area contributed by atoms with Crippen LogP contribution in [0.5, 0.6) is 5.75 Å². The molecule has 0 aromatic heterocycles. The molecule has 1 fully saturated rings. The van der Waals surface area contributed by atoms with E-state index in [9.17, 15) is 23.4 Å². The van der Waals surface area contributed by atoms with Gasteiger partial charge in [-0.25, -0.2) is 13.2 Å². The van der Waals surface area contributed by atoms with Crippen molar-refractivity contribution < 1.29 is 23.4 Å². The summed E-state index contributed by atoms with van der Waals surface area (Å²) in [6, 6.07) is 7.25. The van der Waals surface area contributed by atoms with Gasteiger partial charge in [0.25, 0.3) is 0 Å². The Balaban J connectivity index is 1.73. The largest absolute Gasteiger partial charge is 0.508 e. The molecule has 0 bridgehead atoms. The van der Waals surface area contributed by atoms with Gasteiger partial charge in [0.05, 0.1) is 6.10 Å². The quantitative estimate of drug-likeness (QED) is 0.661. The maximum Gasteiger partial charge on any atom is 0.164 e. The molecule has 0 spiro atoms. The van der Waals surface area contributed by atoms with Crippen molar-refractivity contribution in [3.8, 4) is 5.75 Å². The second-order valence-electron chi connectivity index (χ2n) is 7.43. The van der Waals surface area contributed by atoms with E-state index < -0.39 is 23.6 Å². The van der Waals surface area contributed by atoms with Crippen molar-refractivity contribution in [2.75, 3.05) is 0 Å². The van der Waals surface area contributed by atoms with E-state index in [-0.39, 0.29) is 23.1 Å². The first-order chi connectivity index (χ1) is 12.9. The van der Waals surface area contributed by atoms with Crippen LogP contribution < -0.4 is 0 Å². The van der Waals surface area contributed by atoms with Gasteiger partial charge in [-0.15, -0.1) is 0 Å². The predicted molar refractivity (Wildman–Crippen MR) is 98.2 cm³/mol. The van der Waals surface area contributed by atoms with E-state index in [4.69, 9.17) is 0 Å². The molecule has 1 aliphatic carbocycles. The third-order valence-electron chi connectivity index (χ3n) is 5.65. The van der Waals surface area contributed by atoms with E-state index in [1.807, 2.05) is 6.92 Å². The minimum Gasteiger partial charge on any atom is -0.508 e. The lowest BCUT2D eigenvalue weighted by atomic mass is 9.75. The maximum absolute atomic E-state index is 14.6. The Bertz CT molecular complexity index is 798. The summed E-state index contributed by atoms with van der Waals surface area (Å²) in [5, 5.41) is 19.3. The van der Waals surface area contributed by atoms with Crippen LogP contribution in [0.15, 0.2) is 30.3 Å². The normalized spacial score (nSPS) is 21.2. The molecular formula is C22H25F3O2. The van der Waals surface area contributed by atoms with Crippen molar-refractivity contribution in [1.82, 2.24) is 0 Å². The number of rotatable bonds is 5. The van der Waals surface area contributed by atoms with Crippen LogP contribution in [0, 0.1) is 17.5 Å². The van der Waals surface area contributed by atoms with Gasteiger partial charge in [0.1, 0.15) is 11.6 Å². The molecule has 0 amide bonds. The molecule has 1 atom stereocenters. The minimum atomic E-state index is -0.994. The molecule has 5 heteroatoms. The zero-order valence-electron chi connectivity index (χ0n) is 15.4. The fourth-order valence-electron chi connectivity index (χ4n) is 4.14. The second kappa shape index (κ2) is 8.34. The fourth-order valence-corrected chi connectivity index (χ4v) is 4.14. The van der Waals surface area contributed by atoms with Crippen LogP contribution in [-0.4, -0.2) is 10.2 Å². The topological polar surface area (TPSA) is 40.5 Å². The van der Waals surface area contributed by atoms with Crippen LogP contribution in [0.1, 0.15) is 80.1 Å². The molecule has 0 aliphatic heterocycles. The molecule has 0 heterocycles. The van der Waals surface area contributed by atoms with E-state index in [1.165, 1.54) is 12.1 Å². The first kappa shape index (κ1) is 19.7. The number of hydrogen-bond acceptors (Lipinski definition) is 2. The summed E-state index contributed by atoms with van der Waals surface area (Å²) < 4.78 is 43.1. The molecule has 2 aromatic carbocycles. The highest BCUT2D eigenvalue weighted by molar-refractivity contribution is 5.33. The van der Waals surface area contributed by atoms with Crippen LogP contribution >= 0.6 is 0 Å². The molecule has 2 aromatic rings. The molecule has 1 aliphatic rings.